The van der Waals surface area contributed by atoms with E-state index in [-0.39, 0.29) is 13.0 Å². The molecule has 0 bridgehead atoms. The molecule has 8 heteroatoms. The lowest BCUT2D eigenvalue weighted by Crippen LogP contribution is -2.45. The molecular formula is C14H19N3O4S. The van der Waals surface area contributed by atoms with Crippen LogP contribution in [0.4, 0.5) is 5.69 Å². The molecule has 1 aromatic carbocycles. The zero-order chi connectivity index (χ0) is 15.7. The molecule has 3 rings (SSSR count). The summed E-state index contributed by atoms with van der Waals surface area (Å²) in [5, 5.41) is -0.840. The van der Waals surface area contributed by atoms with Crippen molar-refractivity contribution in [1.82, 2.24) is 10.9 Å². The summed E-state index contributed by atoms with van der Waals surface area (Å²) in [7, 11) is -3.58. The second kappa shape index (κ2) is 5.86. The molecule has 2 N–H and O–H groups in total. The zero-order valence-corrected chi connectivity index (χ0v) is 13.1. The normalized spacial score (nSPS) is 24.3. The Balaban J connectivity index is 1.77. The first kappa shape index (κ1) is 15.3. The SMILES string of the molecule is CCOC(=O)C1CC(S(=O)(=O)N2CCc3ccccc32)NN1. The number of hydrazine groups is 1. The smallest absolute Gasteiger partial charge is 0.324 e. The summed E-state index contributed by atoms with van der Waals surface area (Å²) in [6.07, 6.45) is 0.858. The highest BCUT2D eigenvalue weighted by atomic mass is 32.2. The molecule has 2 heterocycles. The van der Waals surface area contributed by atoms with Gasteiger partial charge in [-0.25, -0.2) is 19.3 Å². The molecule has 2 atom stereocenters. The first-order valence-corrected chi connectivity index (χ1v) is 8.81. The number of nitrogens with one attached hydrogen (secondary N) is 2. The van der Waals surface area contributed by atoms with Crippen LogP contribution in [0, 0.1) is 0 Å². The number of benzene rings is 1. The lowest BCUT2D eigenvalue weighted by Gasteiger charge is -2.23. The third-order valence-electron chi connectivity index (χ3n) is 3.95. The summed E-state index contributed by atoms with van der Waals surface area (Å²) in [6.45, 7) is 2.42. The Morgan fingerprint density at radius 3 is 2.91 bits per heavy atom. The molecule has 0 aromatic heterocycles. The standard InChI is InChI=1S/C14H19N3O4S/c1-2-21-14(18)11-9-13(16-15-11)22(19,20)17-8-7-10-5-3-4-6-12(10)17/h3-6,11,13,15-16H,2,7-9H2,1H3. The van der Waals surface area contributed by atoms with E-state index in [1.54, 1.807) is 6.92 Å². The number of esters is 1. The van der Waals surface area contributed by atoms with Gasteiger partial charge in [-0.1, -0.05) is 18.2 Å². The quantitative estimate of drug-likeness (QED) is 0.766. The largest absolute Gasteiger partial charge is 0.465 e. The number of carbonyl (C=O) groups is 1. The van der Waals surface area contributed by atoms with Gasteiger partial charge in [0.1, 0.15) is 11.4 Å². The van der Waals surface area contributed by atoms with E-state index in [9.17, 15) is 13.2 Å². The van der Waals surface area contributed by atoms with Crippen molar-refractivity contribution in [2.75, 3.05) is 17.5 Å². The Kier molecular flexibility index (Phi) is 4.07. The Morgan fingerprint density at radius 2 is 2.14 bits per heavy atom. The summed E-state index contributed by atoms with van der Waals surface area (Å²) in [5.74, 6) is -0.436. The van der Waals surface area contributed by atoms with E-state index in [4.69, 9.17) is 4.74 Å². The average molecular weight is 325 g/mol. The number of anilines is 1. The second-order valence-electron chi connectivity index (χ2n) is 5.31. The monoisotopic (exact) mass is 325 g/mol. The molecule has 1 saturated heterocycles. The Labute approximate surface area is 129 Å². The number of sulfonamides is 1. The molecule has 22 heavy (non-hydrogen) atoms. The molecule has 1 fully saturated rings. The van der Waals surface area contributed by atoms with Crippen LogP contribution in [0.2, 0.25) is 0 Å². The van der Waals surface area contributed by atoms with E-state index >= 15 is 0 Å². The molecule has 1 aromatic rings. The maximum Gasteiger partial charge on any atom is 0.324 e. The fourth-order valence-corrected chi connectivity index (χ4v) is 4.60. The van der Waals surface area contributed by atoms with Crippen LogP contribution in [-0.4, -0.2) is 39.0 Å². The van der Waals surface area contributed by atoms with Gasteiger partial charge in [0.2, 0.25) is 0 Å². The summed E-state index contributed by atoms with van der Waals surface area (Å²) in [5.41, 5.74) is 7.18. The van der Waals surface area contributed by atoms with Crippen LogP contribution in [0.15, 0.2) is 24.3 Å². The third kappa shape index (κ3) is 2.57. The second-order valence-corrected chi connectivity index (χ2v) is 7.35. The first-order chi connectivity index (χ1) is 10.5. The molecule has 2 aliphatic heterocycles. The molecular weight excluding hydrogens is 306 g/mol. The van der Waals surface area contributed by atoms with E-state index in [0.29, 0.717) is 13.0 Å². The summed E-state index contributed by atoms with van der Waals surface area (Å²) < 4.78 is 31.9. The predicted molar refractivity (Wildman–Crippen MR) is 81.5 cm³/mol. The van der Waals surface area contributed by atoms with Crippen molar-refractivity contribution in [3.8, 4) is 0 Å². The lowest BCUT2D eigenvalue weighted by molar-refractivity contribution is -0.145. The van der Waals surface area contributed by atoms with Gasteiger partial charge in [-0.15, -0.1) is 0 Å². The number of rotatable bonds is 4. The van der Waals surface area contributed by atoms with Crippen molar-refractivity contribution in [1.29, 1.82) is 0 Å². The first-order valence-electron chi connectivity index (χ1n) is 7.31. The van der Waals surface area contributed by atoms with Gasteiger partial charge < -0.3 is 4.74 Å². The van der Waals surface area contributed by atoms with Gasteiger partial charge in [-0.2, -0.15) is 0 Å². The zero-order valence-electron chi connectivity index (χ0n) is 12.3. The van der Waals surface area contributed by atoms with Gasteiger partial charge in [0.05, 0.1) is 12.3 Å². The van der Waals surface area contributed by atoms with Gasteiger partial charge >= 0.3 is 5.97 Å². The number of hydrogen-bond donors (Lipinski definition) is 2. The number of carbonyl (C=O) groups excluding carboxylic acids is 1. The van der Waals surface area contributed by atoms with Crippen LogP contribution in [0.3, 0.4) is 0 Å². The minimum absolute atomic E-state index is 0.153. The van der Waals surface area contributed by atoms with E-state index in [0.717, 1.165) is 11.3 Å². The van der Waals surface area contributed by atoms with Crippen LogP contribution < -0.4 is 15.2 Å². The Morgan fingerprint density at radius 1 is 1.36 bits per heavy atom. The molecule has 2 unspecified atom stereocenters. The number of fused-ring (bicyclic) bond motifs is 1. The Bertz CT molecular complexity index is 676. The number of nitrogens with zero attached hydrogens (tertiary/aromatic N) is 1. The van der Waals surface area contributed by atoms with Crippen molar-refractivity contribution in [2.45, 2.75) is 31.2 Å². The highest BCUT2D eigenvalue weighted by molar-refractivity contribution is 7.93. The Hall–Kier alpha value is -1.64. The summed E-state index contributed by atoms with van der Waals surface area (Å²) >= 11 is 0. The van der Waals surface area contributed by atoms with Gasteiger partial charge in [0, 0.05) is 13.0 Å². The molecule has 120 valence electrons. The lowest BCUT2D eigenvalue weighted by atomic mass is 10.2. The predicted octanol–water partition coefficient (Wildman–Crippen LogP) is 0.135. The van der Waals surface area contributed by atoms with Crippen molar-refractivity contribution < 1.29 is 17.9 Å². The topological polar surface area (TPSA) is 87.7 Å². The fourth-order valence-electron chi connectivity index (χ4n) is 2.85. The minimum atomic E-state index is -3.58. The molecule has 0 saturated carbocycles. The van der Waals surface area contributed by atoms with E-state index < -0.39 is 27.4 Å². The summed E-state index contributed by atoms with van der Waals surface area (Å²) in [4.78, 5) is 11.7. The van der Waals surface area contributed by atoms with Gasteiger partial charge in [-0.3, -0.25) is 9.10 Å². The van der Waals surface area contributed by atoms with Crippen molar-refractivity contribution in [3.63, 3.8) is 0 Å². The highest BCUT2D eigenvalue weighted by Crippen LogP contribution is 2.32. The third-order valence-corrected chi connectivity index (χ3v) is 5.97. The van der Waals surface area contributed by atoms with E-state index in [1.807, 2.05) is 24.3 Å². The van der Waals surface area contributed by atoms with Crippen LogP contribution in [0.1, 0.15) is 18.9 Å². The number of para-hydroxylation sites is 1. The molecule has 2 aliphatic rings. The minimum Gasteiger partial charge on any atom is -0.465 e. The highest BCUT2D eigenvalue weighted by Gasteiger charge is 2.42. The maximum absolute atomic E-state index is 12.8. The fraction of sp³-hybridized carbons (Fsp3) is 0.500. The van der Waals surface area contributed by atoms with E-state index in [1.165, 1.54) is 4.31 Å². The van der Waals surface area contributed by atoms with Gasteiger partial charge in [0.15, 0.2) is 0 Å². The maximum atomic E-state index is 12.8. The number of hydrogen-bond acceptors (Lipinski definition) is 6. The van der Waals surface area contributed by atoms with Crippen LogP contribution in [-0.2, 0) is 26.0 Å². The van der Waals surface area contributed by atoms with Crippen LogP contribution in [0.5, 0.6) is 0 Å². The van der Waals surface area contributed by atoms with Crippen molar-refractivity contribution >= 4 is 21.7 Å². The molecule has 0 aliphatic carbocycles. The summed E-state index contributed by atoms with van der Waals surface area (Å²) in [6, 6.07) is 6.84. The van der Waals surface area contributed by atoms with Crippen LogP contribution in [0.25, 0.3) is 0 Å². The molecule has 0 amide bonds. The van der Waals surface area contributed by atoms with Gasteiger partial charge in [0.25, 0.3) is 10.0 Å². The average Bonchev–Trinajstić information content (AvgIpc) is 3.15. The molecule has 7 nitrogen and oxygen atoms in total. The number of ether oxygens (including phenoxy) is 1. The molecule has 0 radical (unpaired) electrons. The van der Waals surface area contributed by atoms with Crippen molar-refractivity contribution in [2.24, 2.45) is 0 Å². The van der Waals surface area contributed by atoms with Crippen molar-refractivity contribution in [3.05, 3.63) is 29.8 Å². The van der Waals surface area contributed by atoms with Gasteiger partial charge in [-0.05, 0) is 25.0 Å². The van der Waals surface area contributed by atoms with Crippen LogP contribution >= 0.6 is 0 Å². The van der Waals surface area contributed by atoms with E-state index in [2.05, 4.69) is 10.9 Å². The molecule has 0 spiro atoms.